The third-order valence-electron chi connectivity index (χ3n) is 2.73. The lowest BCUT2D eigenvalue weighted by Gasteiger charge is -2.03. The van der Waals surface area contributed by atoms with Crippen LogP contribution in [-0.2, 0) is 6.42 Å². The van der Waals surface area contributed by atoms with E-state index in [1.165, 1.54) is 4.90 Å². The molecule has 2 heterocycles. The van der Waals surface area contributed by atoms with Gasteiger partial charge in [0, 0.05) is 17.1 Å². The summed E-state index contributed by atoms with van der Waals surface area (Å²) < 4.78 is 0. The molecule has 0 amide bonds. The number of nitrogens with two attached hydrogens (primary N) is 1. The molecule has 0 aliphatic heterocycles. The zero-order chi connectivity index (χ0) is 13.1. The molecule has 3 N–H and O–H groups in total. The topological polar surface area (TPSA) is 80.5 Å². The van der Waals surface area contributed by atoms with Crippen LogP contribution in [0.3, 0.4) is 0 Å². The largest absolute Gasteiger partial charge is 0.368 e. The highest BCUT2D eigenvalue weighted by Gasteiger charge is 2.08. The highest BCUT2D eigenvalue weighted by molar-refractivity contribution is 7.99. The van der Waals surface area contributed by atoms with E-state index in [2.05, 4.69) is 32.1 Å². The third kappa shape index (κ3) is 2.68. The van der Waals surface area contributed by atoms with Crippen LogP contribution in [0.2, 0.25) is 0 Å². The lowest BCUT2D eigenvalue weighted by Crippen LogP contribution is -2.02. The smallest absolute Gasteiger partial charge is 0.222 e. The molecule has 6 heteroatoms. The molecule has 0 saturated heterocycles. The van der Waals surface area contributed by atoms with Gasteiger partial charge in [0.25, 0.3) is 0 Å². The number of nitrogens with zero attached hydrogens (tertiary/aromatic N) is 3. The number of benzene rings is 1. The van der Waals surface area contributed by atoms with Crippen LogP contribution in [0, 0.1) is 0 Å². The number of fused-ring (bicyclic) bond motifs is 1. The number of rotatable bonds is 4. The second-order valence-corrected chi connectivity index (χ2v) is 5.21. The molecule has 0 unspecified atom stereocenters. The summed E-state index contributed by atoms with van der Waals surface area (Å²) in [6.07, 6.45) is 2.44. The van der Waals surface area contributed by atoms with Gasteiger partial charge in [0.05, 0.1) is 12.0 Å². The summed E-state index contributed by atoms with van der Waals surface area (Å²) in [4.78, 5) is 16.8. The second-order valence-electron chi connectivity index (χ2n) is 4.04. The molecular formula is C13H13N5S. The summed E-state index contributed by atoms with van der Waals surface area (Å²) in [6, 6.07) is 10.3. The SMILES string of the molecule is Nc1nc(CCSc2ccccc2)c2[nH]cnc2n1. The highest BCUT2D eigenvalue weighted by Crippen LogP contribution is 2.20. The van der Waals surface area contributed by atoms with E-state index >= 15 is 0 Å². The number of aromatic nitrogens is 4. The maximum atomic E-state index is 5.68. The van der Waals surface area contributed by atoms with Crippen LogP contribution in [-0.4, -0.2) is 25.7 Å². The Kier molecular flexibility index (Phi) is 3.33. The Hall–Kier alpha value is -2.08. The van der Waals surface area contributed by atoms with E-state index in [0.717, 1.165) is 23.4 Å². The molecule has 2 aromatic heterocycles. The molecule has 3 aromatic rings. The fraction of sp³-hybridized carbons (Fsp3) is 0.154. The molecule has 0 saturated carbocycles. The van der Waals surface area contributed by atoms with E-state index in [1.54, 1.807) is 18.1 Å². The average molecular weight is 271 g/mol. The van der Waals surface area contributed by atoms with Crippen molar-refractivity contribution in [2.45, 2.75) is 11.3 Å². The van der Waals surface area contributed by atoms with Gasteiger partial charge in [0.2, 0.25) is 5.95 Å². The van der Waals surface area contributed by atoms with Crippen molar-refractivity contribution < 1.29 is 0 Å². The summed E-state index contributed by atoms with van der Waals surface area (Å²) in [5.41, 5.74) is 8.11. The van der Waals surface area contributed by atoms with Crippen LogP contribution in [0.5, 0.6) is 0 Å². The molecule has 0 radical (unpaired) electrons. The number of anilines is 1. The fourth-order valence-electron chi connectivity index (χ4n) is 1.88. The van der Waals surface area contributed by atoms with Crippen molar-refractivity contribution in [3.8, 4) is 0 Å². The molecule has 0 atom stereocenters. The number of aromatic amines is 1. The van der Waals surface area contributed by atoms with Crippen molar-refractivity contribution in [2.24, 2.45) is 0 Å². The first-order chi connectivity index (χ1) is 9.33. The Morgan fingerprint density at radius 1 is 1.16 bits per heavy atom. The Morgan fingerprint density at radius 2 is 2.00 bits per heavy atom. The molecule has 19 heavy (non-hydrogen) atoms. The third-order valence-corrected chi connectivity index (χ3v) is 3.74. The Balaban J connectivity index is 1.73. The van der Waals surface area contributed by atoms with Gasteiger partial charge in [-0.2, -0.15) is 4.98 Å². The van der Waals surface area contributed by atoms with Crippen LogP contribution < -0.4 is 5.73 Å². The predicted molar refractivity (Wildman–Crippen MR) is 77.0 cm³/mol. The minimum Gasteiger partial charge on any atom is -0.368 e. The number of nitrogen functional groups attached to an aromatic ring is 1. The summed E-state index contributed by atoms with van der Waals surface area (Å²) in [5.74, 6) is 1.22. The van der Waals surface area contributed by atoms with Gasteiger partial charge >= 0.3 is 0 Å². The van der Waals surface area contributed by atoms with Crippen molar-refractivity contribution in [3.05, 3.63) is 42.4 Å². The first-order valence-electron chi connectivity index (χ1n) is 5.96. The quantitative estimate of drug-likeness (QED) is 0.711. The second kappa shape index (κ2) is 5.27. The van der Waals surface area contributed by atoms with Gasteiger partial charge in [-0.3, -0.25) is 0 Å². The predicted octanol–water partition coefficient (Wildman–Crippen LogP) is 2.27. The van der Waals surface area contributed by atoms with Gasteiger partial charge < -0.3 is 10.7 Å². The van der Waals surface area contributed by atoms with E-state index in [9.17, 15) is 0 Å². The van der Waals surface area contributed by atoms with Crippen LogP contribution >= 0.6 is 11.8 Å². The minimum atomic E-state index is 0.277. The van der Waals surface area contributed by atoms with Crippen molar-refractivity contribution in [2.75, 3.05) is 11.5 Å². The Morgan fingerprint density at radius 3 is 2.84 bits per heavy atom. The van der Waals surface area contributed by atoms with Crippen LogP contribution in [0.4, 0.5) is 5.95 Å². The number of hydrogen-bond acceptors (Lipinski definition) is 5. The normalized spacial score (nSPS) is 10.9. The van der Waals surface area contributed by atoms with Crippen LogP contribution in [0.25, 0.3) is 11.2 Å². The van der Waals surface area contributed by atoms with Crippen LogP contribution in [0.1, 0.15) is 5.69 Å². The van der Waals surface area contributed by atoms with Gasteiger partial charge in [-0.25, -0.2) is 9.97 Å². The lowest BCUT2D eigenvalue weighted by molar-refractivity contribution is 1.04. The van der Waals surface area contributed by atoms with E-state index in [-0.39, 0.29) is 5.95 Å². The van der Waals surface area contributed by atoms with Gasteiger partial charge in [0.15, 0.2) is 5.65 Å². The number of aryl methyl sites for hydroxylation is 1. The van der Waals surface area contributed by atoms with Crippen molar-refractivity contribution >= 4 is 28.9 Å². The van der Waals surface area contributed by atoms with Gasteiger partial charge in [-0.05, 0) is 12.1 Å². The highest BCUT2D eigenvalue weighted by atomic mass is 32.2. The summed E-state index contributed by atoms with van der Waals surface area (Å²) in [5, 5.41) is 0. The Labute approximate surface area is 114 Å². The number of H-pyrrole nitrogens is 1. The van der Waals surface area contributed by atoms with Gasteiger partial charge in [-0.15, -0.1) is 11.8 Å². The summed E-state index contributed by atoms with van der Waals surface area (Å²) in [7, 11) is 0. The minimum absolute atomic E-state index is 0.277. The standard InChI is InChI=1S/C13H13N5S/c14-13-17-10(11-12(18-13)16-8-15-11)6-7-19-9-4-2-1-3-5-9/h1-5,8H,6-7H2,(H3,14,15,16,17,18). The molecule has 0 fully saturated rings. The van der Waals surface area contributed by atoms with Crippen LogP contribution in [0.15, 0.2) is 41.6 Å². The molecule has 0 bridgehead atoms. The number of nitrogens with one attached hydrogen (secondary N) is 1. The fourth-order valence-corrected chi connectivity index (χ4v) is 2.76. The molecular weight excluding hydrogens is 258 g/mol. The zero-order valence-electron chi connectivity index (χ0n) is 10.2. The molecule has 5 nitrogen and oxygen atoms in total. The van der Waals surface area contributed by atoms with E-state index < -0.39 is 0 Å². The summed E-state index contributed by atoms with van der Waals surface area (Å²) >= 11 is 1.80. The molecule has 96 valence electrons. The number of hydrogen-bond donors (Lipinski definition) is 2. The average Bonchev–Trinajstić information content (AvgIpc) is 2.88. The molecule has 0 spiro atoms. The number of imidazole rings is 1. The molecule has 3 rings (SSSR count). The first-order valence-corrected chi connectivity index (χ1v) is 6.95. The van der Waals surface area contributed by atoms with E-state index in [0.29, 0.717) is 5.65 Å². The van der Waals surface area contributed by atoms with Crippen molar-refractivity contribution in [1.29, 1.82) is 0 Å². The monoisotopic (exact) mass is 271 g/mol. The van der Waals surface area contributed by atoms with E-state index in [4.69, 9.17) is 5.73 Å². The first kappa shape index (κ1) is 12.0. The molecule has 0 aliphatic rings. The van der Waals surface area contributed by atoms with E-state index in [1.807, 2.05) is 18.2 Å². The van der Waals surface area contributed by atoms with Gasteiger partial charge in [0.1, 0.15) is 5.52 Å². The summed E-state index contributed by atoms with van der Waals surface area (Å²) in [6.45, 7) is 0. The molecule has 0 aliphatic carbocycles. The van der Waals surface area contributed by atoms with Crippen molar-refractivity contribution in [3.63, 3.8) is 0 Å². The zero-order valence-corrected chi connectivity index (χ0v) is 11.0. The number of thioether (sulfide) groups is 1. The maximum Gasteiger partial charge on any atom is 0.222 e. The molecule has 1 aromatic carbocycles. The van der Waals surface area contributed by atoms with Crippen molar-refractivity contribution in [1.82, 2.24) is 19.9 Å². The van der Waals surface area contributed by atoms with Gasteiger partial charge in [-0.1, -0.05) is 18.2 Å². The Bertz CT molecular complexity index is 680. The lowest BCUT2D eigenvalue weighted by atomic mass is 10.3. The maximum absolute atomic E-state index is 5.68.